The molecule has 41 heavy (non-hydrogen) atoms. The van der Waals surface area contributed by atoms with E-state index in [0.29, 0.717) is 5.56 Å². The highest BCUT2D eigenvalue weighted by atomic mass is 19.4. The average molecular weight is 572 g/mol. The molecule has 1 aliphatic rings. The number of hydrogen-bond acceptors (Lipinski definition) is 10. The lowest BCUT2D eigenvalue weighted by molar-refractivity contribution is -0.140. The van der Waals surface area contributed by atoms with Crippen LogP contribution in [0.3, 0.4) is 0 Å². The molecule has 0 radical (unpaired) electrons. The summed E-state index contributed by atoms with van der Waals surface area (Å²) >= 11 is 0. The maximum atomic E-state index is 15.1. The predicted molar refractivity (Wildman–Crippen MR) is 140 cm³/mol. The normalized spacial score (nSPS) is 13.6. The Kier molecular flexibility index (Phi) is 7.51. The first kappa shape index (κ1) is 27.9. The lowest BCUT2D eigenvalue weighted by Gasteiger charge is -2.14. The fourth-order valence-corrected chi connectivity index (χ4v) is 4.18. The molecule has 2 N–H and O–H groups in total. The fraction of sp³-hybridized carbons (Fsp3) is 0.346. The van der Waals surface area contributed by atoms with Crippen LogP contribution in [-0.2, 0) is 19.3 Å². The highest BCUT2D eigenvalue weighted by Gasteiger charge is 2.35. The number of pyridine rings is 1. The van der Waals surface area contributed by atoms with Crippen LogP contribution in [0.25, 0.3) is 22.9 Å². The average Bonchev–Trinajstić information content (AvgIpc) is 3.70. The smallest absolute Gasteiger partial charge is 0.434 e. The molecule has 0 saturated heterocycles. The van der Waals surface area contributed by atoms with Gasteiger partial charge in [-0.2, -0.15) is 18.2 Å². The number of anilines is 1. The van der Waals surface area contributed by atoms with Crippen molar-refractivity contribution in [3.8, 4) is 34.7 Å². The Balaban J connectivity index is 1.46. The van der Waals surface area contributed by atoms with Crippen LogP contribution in [0.15, 0.2) is 29.8 Å². The van der Waals surface area contributed by atoms with E-state index in [9.17, 15) is 13.2 Å². The number of aromatic nitrogens is 7. The van der Waals surface area contributed by atoms with Crippen LogP contribution in [0.5, 0.6) is 11.8 Å². The minimum absolute atomic E-state index is 0.00150. The second-order valence-corrected chi connectivity index (χ2v) is 9.15. The van der Waals surface area contributed by atoms with Crippen LogP contribution in [0.2, 0.25) is 0 Å². The van der Waals surface area contributed by atoms with Gasteiger partial charge >= 0.3 is 6.18 Å². The van der Waals surface area contributed by atoms with Gasteiger partial charge in [0.2, 0.25) is 11.8 Å². The van der Waals surface area contributed by atoms with Crippen molar-refractivity contribution >= 4 is 11.9 Å². The predicted octanol–water partition coefficient (Wildman–Crippen LogP) is 4.47. The highest BCUT2D eigenvalue weighted by Crippen LogP contribution is 2.45. The van der Waals surface area contributed by atoms with Crippen molar-refractivity contribution in [3.05, 3.63) is 53.2 Å². The molecule has 0 spiro atoms. The second-order valence-electron chi connectivity index (χ2n) is 9.15. The summed E-state index contributed by atoms with van der Waals surface area (Å²) < 4.78 is 67.1. The third-order valence-corrected chi connectivity index (χ3v) is 6.31. The number of halogens is 4. The van der Waals surface area contributed by atoms with Gasteiger partial charge in [0, 0.05) is 43.7 Å². The van der Waals surface area contributed by atoms with Crippen molar-refractivity contribution in [3.63, 3.8) is 0 Å². The molecule has 1 aliphatic carbocycles. The molecule has 214 valence electrons. The monoisotopic (exact) mass is 571 g/mol. The van der Waals surface area contributed by atoms with E-state index < -0.39 is 17.7 Å². The zero-order valence-corrected chi connectivity index (χ0v) is 22.3. The summed E-state index contributed by atoms with van der Waals surface area (Å²) in [6, 6.07) is 1.11. The number of aryl methyl sites for hydroxylation is 1. The number of hydrogen-bond donors (Lipinski definition) is 1. The zero-order valence-electron chi connectivity index (χ0n) is 22.3. The Morgan fingerprint density at radius 3 is 2.56 bits per heavy atom. The molecule has 0 aromatic carbocycles. The van der Waals surface area contributed by atoms with Gasteiger partial charge in [-0.05, 0) is 25.8 Å². The van der Waals surface area contributed by atoms with Crippen LogP contribution in [0.4, 0.5) is 23.2 Å². The largest absolute Gasteiger partial charge is 0.480 e. The number of methoxy groups -OCH3 is 1. The lowest BCUT2D eigenvalue weighted by atomic mass is 10.1. The molecule has 0 bridgehead atoms. The van der Waals surface area contributed by atoms with E-state index in [0.717, 1.165) is 30.8 Å². The number of aliphatic imine (C=N–C) groups is 1. The summed E-state index contributed by atoms with van der Waals surface area (Å²) in [5, 5.41) is 0. The Bertz CT molecular complexity index is 1620. The molecule has 0 unspecified atom stereocenters. The Morgan fingerprint density at radius 1 is 1.15 bits per heavy atom. The van der Waals surface area contributed by atoms with Gasteiger partial charge in [-0.1, -0.05) is 0 Å². The van der Waals surface area contributed by atoms with Gasteiger partial charge in [-0.15, -0.1) is 0 Å². The van der Waals surface area contributed by atoms with Gasteiger partial charge in [0.05, 0.1) is 12.8 Å². The topological polar surface area (TPSA) is 139 Å². The standard InChI is InChI=1S/C26H25F4N9O2/c1-4-39-10-17(26(28,29)30)37-23(39)21-15(27)7-13(8-33-21)11-41-25-19(31)16(9-32-2)36-22(38-25)18-20(14-5-6-14)34-12-35-24(18)40-3/h7-10,12,14H,4-6,11,31H2,1-3H3. The molecule has 1 fully saturated rings. The Morgan fingerprint density at radius 2 is 1.93 bits per heavy atom. The first-order valence-electron chi connectivity index (χ1n) is 12.5. The summed E-state index contributed by atoms with van der Waals surface area (Å²) in [6.45, 7) is 1.55. The maximum absolute atomic E-state index is 15.1. The molecule has 1 saturated carbocycles. The van der Waals surface area contributed by atoms with Crippen LogP contribution in [0, 0.1) is 5.82 Å². The summed E-state index contributed by atoms with van der Waals surface area (Å²) in [7, 11) is 3.04. The third-order valence-electron chi connectivity index (χ3n) is 6.31. The van der Waals surface area contributed by atoms with Crippen LogP contribution >= 0.6 is 0 Å². The maximum Gasteiger partial charge on any atom is 0.434 e. The van der Waals surface area contributed by atoms with E-state index in [4.69, 9.17) is 15.2 Å². The van der Waals surface area contributed by atoms with E-state index in [1.165, 1.54) is 30.4 Å². The molecule has 0 atom stereocenters. The molecule has 0 aliphatic heterocycles. The molecule has 4 aromatic heterocycles. The first-order valence-corrected chi connectivity index (χ1v) is 12.5. The third kappa shape index (κ3) is 5.64. The van der Waals surface area contributed by atoms with Gasteiger partial charge in [0.15, 0.2) is 23.2 Å². The number of nitrogen functional groups attached to an aromatic ring is 1. The molecule has 4 heterocycles. The lowest BCUT2D eigenvalue weighted by Crippen LogP contribution is -2.10. The van der Waals surface area contributed by atoms with Crippen molar-refractivity contribution in [1.29, 1.82) is 0 Å². The van der Waals surface area contributed by atoms with Crippen molar-refractivity contribution in [2.45, 2.75) is 45.0 Å². The van der Waals surface area contributed by atoms with E-state index in [1.807, 2.05) is 0 Å². The summed E-state index contributed by atoms with van der Waals surface area (Å²) in [6.07, 6.45) is 2.21. The molecule has 11 nitrogen and oxygen atoms in total. The van der Waals surface area contributed by atoms with Gasteiger partial charge < -0.3 is 19.8 Å². The molecule has 4 aromatic rings. The zero-order chi connectivity index (χ0) is 29.3. The van der Waals surface area contributed by atoms with Crippen LogP contribution in [0.1, 0.15) is 48.3 Å². The van der Waals surface area contributed by atoms with E-state index in [-0.39, 0.29) is 65.1 Å². The number of ether oxygens (including phenoxy) is 2. The first-order chi connectivity index (χ1) is 19.6. The Labute approximate surface area is 231 Å². The van der Waals surface area contributed by atoms with Crippen molar-refractivity contribution in [1.82, 2.24) is 34.5 Å². The number of rotatable bonds is 9. The molecular formula is C26H25F4N9O2. The SMILES string of the molecule is CCn1cc(C(F)(F)F)nc1-c1ncc(COc2nc(-c3c(OC)ncnc3C3CC3)nc(C=NC)c2N)cc1F. The quantitative estimate of drug-likeness (QED) is 0.228. The minimum atomic E-state index is -4.67. The van der Waals surface area contributed by atoms with Gasteiger partial charge in [0.1, 0.15) is 35.6 Å². The van der Waals surface area contributed by atoms with Crippen molar-refractivity contribution in [2.24, 2.45) is 4.99 Å². The summed E-state index contributed by atoms with van der Waals surface area (Å²) in [5.41, 5.74) is 6.73. The fourth-order valence-electron chi connectivity index (χ4n) is 4.18. The molecule has 0 amide bonds. The molecular weight excluding hydrogens is 546 g/mol. The van der Waals surface area contributed by atoms with E-state index in [2.05, 4.69) is 34.9 Å². The van der Waals surface area contributed by atoms with Gasteiger partial charge in [0.25, 0.3) is 0 Å². The van der Waals surface area contributed by atoms with E-state index >= 15 is 4.39 Å². The number of imidazole rings is 1. The van der Waals surface area contributed by atoms with Crippen LogP contribution in [-0.4, -0.2) is 54.8 Å². The highest BCUT2D eigenvalue weighted by molar-refractivity contribution is 5.87. The molecule has 5 rings (SSSR count). The number of alkyl halides is 3. The second kappa shape index (κ2) is 11.1. The minimum Gasteiger partial charge on any atom is -0.480 e. The van der Waals surface area contributed by atoms with Gasteiger partial charge in [-0.3, -0.25) is 4.99 Å². The van der Waals surface area contributed by atoms with Gasteiger partial charge in [-0.25, -0.2) is 29.3 Å². The van der Waals surface area contributed by atoms with Crippen LogP contribution < -0.4 is 15.2 Å². The summed E-state index contributed by atoms with van der Waals surface area (Å²) in [5.74, 6) is -0.371. The van der Waals surface area contributed by atoms with Crippen molar-refractivity contribution in [2.75, 3.05) is 19.9 Å². The number of nitrogens with two attached hydrogens (primary N) is 1. The number of nitrogens with zero attached hydrogens (tertiary/aromatic N) is 8. The van der Waals surface area contributed by atoms with E-state index in [1.54, 1.807) is 14.0 Å². The summed E-state index contributed by atoms with van der Waals surface area (Å²) in [4.78, 5) is 29.3. The van der Waals surface area contributed by atoms with Crippen molar-refractivity contribution < 1.29 is 27.0 Å². The molecule has 15 heteroatoms. The Hall–Kier alpha value is -4.69.